The molecule has 0 spiro atoms. The number of carbonyl (C=O) groups is 1. The molecule has 3 heteroatoms. The van der Waals surface area contributed by atoms with Crippen LogP contribution in [-0.4, -0.2) is 35.6 Å². The van der Waals surface area contributed by atoms with Crippen molar-refractivity contribution in [2.24, 2.45) is 11.8 Å². The Labute approximate surface area is 78.7 Å². The minimum atomic E-state index is 0.231. The van der Waals surface area contributed by atoms with Crippen molar-refractivity contribution in [3.63, 3.8) is 0 Å². The Bertz CT molecular complexity index is 201. The van der Waals surface area contributed by atoms with Gasteiger partial charge in [0, 0.05) is 31.5 Å². The molecule has 2 aliphatic rings. The van der Waals surface area contributed by atoms with Crippen LogP contribution in [0.1, 0.15) is 25.7 Å². The van der Waals surface area contributed by atoms with E-state index in [1.165, 1.54) is 6.42 Å². The SMILES string of the molecule is O=C(C1CCC1)N1CCC(CO)C1. The van der Waals surface area contributed by atoms with E-state index < -0.39 is 0 Å². The summed E-state index contributed by atoms with van der Waals surface area (Å²) in [5.41, 5.74) is 0. The lowest BCUT2D eigenvalue weighted by atomic mass is 9.84. The first-order valence-electron chi connectivity index (χ1n) is 5.21. The lowest BCUT2D eigenvalue weighted by Gasteiger charge is -2.29. The number of carbonyl (C=O) groups excluding carboxylic acids is 1. The first-order valence-corrected chi connectivity index (χ1v) is 5.21. The van der Waals surface area contributed by atoms with Crippen molar-refractivity contribution in [2.45, 2.75) is 25.7 Å². The van der Waals surface area contributed by atoms with Gasteiger partial charge < -0.3 is 10.0 Å². The van der Waals surface area contributed by atoms with Gasteiger partial charge in [-0.05, 0) is 19.3 Å². The van der Waals surface area contributed by atoms with Gasteiger partial charge in [-0.3, -0.25) is 4.79 Å². The molecule has 1 amide bonds. The van der Waals surface area contributed by atoms with E-state index in [9.17, 15) is 4.79 Å². The fraction of sp³-hybridized carbons (Fsp3) is 0.900. The van der Waals surface area contributed by atoms with Crippen molar-refractivity contribution in [1.29, 1.82) is 0 Å². The summed E-state index contributed by atoms with van der Waals surface area (Å²) >= 11 is 0. The van der Waals surface area contributed by atoms with Gasteiger partial charge in [-0.2, -0.15) is 0 Å². The Hall–Kier alpha value is -0.570. The molecule has 74 valence electrons. The molecule has 1 atom stereocenters. The Kier molecular flexibility index (Phi) is 2.54. The number of amides is 1. The number of aliphatic hydroxyl groups is 1. The maximum absolute atomic E-state index is 11.7. The van der Waals surface area contributed by atoms with E-state index in [4.69, 9.17) is 5.11 Å². The van der Waals surface area contributed by atoms with Crippen molar-refractivity contribution in [3.8, 4) is 0 Å². The van der Waals surface area contributed by atoms with Gasteiger partial charge in [0.15, 0.2) is 0 Å². The highest BCUT2D eigenvalue weighted by Crippen LogP contribution is 2.30. The number of aliphatic hydroxyl groups excluding tert-OH is 1. The minimum absolute atomic E-state index is 0.231. The van der Waals surface area contributed by atoms with Gasteiger partial charge in [-0.1, -0.05) is 6.42 Å². The van der Waals surface area contributed by atoms with Crippen LogP contribution in [0.2, 0.25) is 0 Å². The van der Waals surface area contributed by atoms with Gasteiger partial charge in [0.1, 0.15) is 0 Å². The molecule has 13 heavy (non-hydrogen) atoms. The van der Waals surface area contributed by atoms with Crippen LogP contribution in [0.3, 0.4) is 0 Å². The van der Waals surface area contributed by atoms with Crippen LogP contribution in [-0.2, 0) is 4.79 Å². The van der Waals surface area contributed by atoms with Crippen molar-refractivity contribution >= 4 is 5.91 Å². The summed E-state index contributed by atoms with van der Waals surface area (Å²) in [6, 6.07) is 0. The van der Waals surface area contributed by atoms with E-state index in [1.807, 2.05) is 4.90 Å². The topological polar surface area (TPSA) is 40.5 Å². The van der Waals surface area contributed by atoms with Gasteiger partial charge in [-0.15, -0.1) is 0 Å². The lowest BCUT2D eigenvalue weighted by Crippen LogP contribution is -2.37. The van der Waals surface area contributed by atoms with Crippen LogP contribution in [0.5, 0.6) is 0 Å². The lowest BCUT2D eigenvalue weighted by molar-refractivity contribution is -0.137. The standard InChI is InChI=1S/C10H17NO2/c12-7-8-4-5-11(6-8)10(13)9-2-1-3-9/h8-9,12H,1-7H2. The molecule has 0 aromatic heterocycles. The third kappa shape index (κ3) is 1.70. The predicted octanol–water partition coefficient (Wildman–Crippen LogP) is 0.627. The Balaban J connectivity index is 1.84. The fourth-order valence-corrected chi connectivity index (χ4v) is 2.10. The largest absolute Gasteiger partial charge is 0.396 e. The molecule has 1 aliphatic heterocycles. The van der Waals surface area contributed by atoms with Crippen molar-refractivity contribution in [3.05, 3.63) is 0 Å². The normalized spacial score (nSPS) is 29.0. The first kappa shape index (κ1) is 9.00. The zero-order chi connectivity index (χ0) is 9.26. The van der Waals surface area contributed by atoms with E-state index in [1.54, 1.807) is 0 Å². The molecule has 2 rings (SSSR count). The summed E-state index contributed by atoms with van der Waals surface area (Å²) in [5, 5.41) is 8.94. The highest BCUT2D eigenvalue weighted by Gasteiger charge is 2.33. The highest BCUT2D eigenvalue weighted by atomic mass is 16.3. The smallest absolute Gasteiger partial charge is 0.225 e. The third-order valence-corrected chi connectivity index (χ3v) is 3.31. The summed E-state index contributed by atoms with van der Waals surface area (Å²) in [5.74, 6) is 0.990. The second-order valence-electron chi connectivity index (χ2n) is 4.25. The maximum atomic E-state index is 11.7. The number of hydrogen-bond donors (Lipinski definition) is 1. The van der Waals surface area contributed by atoms with Crippen molar-refractivity contribution < 1.29 is 9.90 Å². The molecule has 0 aromatic carbocycles. The van der Waals surface area contributed by atoms with E-state index in [0.29, 0.717) is 17.7 Å². The van der Waals surface area contributed by atoms with E-state index in [-0.39, 0.29) is 6.61 Å². The second kappa shape index (κ2) is 3.66. The molecule has 1 saturated carbocycles. The molecule has 1 unspecified atom stereocenters. The third-order valence-electron chi connectivity index (χ3n) is 3.31. The summed E-state index contributed by atoms with van der Waals surface area (Å²) in [7, 11) is 0. The number of likely N-dealkylation sites (tertiary alicyclic amines) is 1. The molecule has 0 bridgehead atoms. The average Bonchev–Trinajstić information content (AvgIpc) is 2.48. The molecule has 0 radical (unpaired) electrons. The van der Waals surface area contributed by atoms with Crippen molar-refractivity contribution in [2.75, 3.05) is 19.7 Å². The van der Waals surface area contributed by atoms with Gasteiger partial charge in [0.25, 0.3) is 0 Å². The van der Waals surface area contributed by atoms with Gasteiger partial charge in [0.05, 0.1) is 0 Å². The molecule has 1 saturated heterocycles. The fourth-order valence-electron chi connectivity index (χ4n) is 2.10. The van der Waals surface area contributed by atoms with E-state index in [0.717, 1.165) is 32.4 Å². The monoisotopic (exact) mass is 183 g/mol. The summed E-state index contributed by atoms with van der Waals surface area (Å²) in [4.78, 5) is 13.7. The van der Waals surface area contributed by atoms with Crippen LogP contribution < -0.4 is 0 Å². The summed E-state index contributed by atoms with van der Waals surface area (Å²) in [6.07, 6.45) is 4.36. The van der Waals surface area contributed by atoms with Crippen LogP contribution in [0.25, 0.3) is 0 Å². The predicted molar refractivity (Wildman–Crippen MR) is 49.1 cm³/mol. The zero-order valence-electron chi connectivity index (χ0n) is 7.91. The summed E-state index contributed by atoms with van der Waals surface area (Å²) in [6.45, 7) is 1.88. The van der Waals surface area contributed by atoms with Gasteiger partial charge >= 0.3 is 0 Å². The van der Waals surface area contributed by atoms with Crippen molar-refractivity contribution in [1.82, 2.24) is 4.90 Å². The minimum Gasteiger partial charge on any atom is -0.396 e. The molecular formula is C10H17NO2. The van der Waals surface area contributed by atoms with E-state index >= 15 is 0 Å². The molecule has 0 aromatic rings. The Morgan fingerprint density at radius 1 is 1.38 bits per heavy atom. The Morgan fingerprint density at radius 3 is 2.62 bits per heavy atom. The van der Waals surface area contributed by atoms with Gasteiger partial charge in [0.2, 0.25) is 5.91 Å². The molecular weight excluding hydrogens is 166 g/mol. The number of nitrogens with zero attached hydrogens (tertiary/aromatic N) is 1. The number of rotatable bonds is 2. The van der Waals surface area contributed by atoms with Crippen LogP contribution in [0.4, 0.5) is 0 Å². The first-order chi connectivity index (χ1) is 6.31. The molecule has 1 aliphatic carbocycles. The van der Waals surface area contributed by atoms with Crippen LogP contribution in [0.15, 0.2) is 0 Å². The van der Waals surface area contributed by atoms with Crippen LogP contribution >= 0.6 is 0 Å². The number of hydrogen-bond acceptors (Lipinski definition) is 2. The highest BCUT2D eigenvalue weighted by molar-refractivity contribution is 5.79. The molecule has 2 fully saturated rings. The zero-order valence-corrected chi connectivity index (χ0v) is 7.91. The van der Waals surface area contributed by atoms with E-state index in [2.05, 4.69) is 0 Å². The average molecular weight is 183 g/mol. The molecule has 1 heterocycles. The molecule has 3 nitrogen and oxygen atoms in total. The summed E-state index contributed by atoms with van der Waals surface area (Å²) < 4.78 is 0. The maximum Gasteiger partial charge on any atom is 0.225 e. The van der Waals surface area contributed by atoms with Gasteiger partial charge in [-0.25, -0.2) is 0 Å². The Morgan fingerprint density at radius 2 is 2.15 bits per heavy atom. The molecule has 1 N–H and O–H groups in total. The quantitative estimate of drug-likeness (QED) is 0.682. The second-order valence-corrected chi connectivity index (χ2v) is 4.25. The van der Waals surface area contributed by atoms with Crippen LogP contribution in [0, 0.1) is 11.8 Å².